The molecular formula is C16H22ClNO4S. The highest BCUT2D eigenvalue weighted by Gasteiger charge is 2.35. The highest BCUT2D eigenvalue weighted by Crippen LogP contribution is 2.30. The average Bonchev–Trinajstić information content (AvgIpc) is 2.48. The molecule has 1 N–H and O–H groups in total. The van der Waals surface area contributed by atoms with Gasteiger partial charge in [0.25, 0.3) is 0 Å². The predicted molar refractivity (Wildman–Crippen MR) is 90.8 cm³/mol. The second-order valence-corrected chi connectivity index (χ2v) is 8.88. The summed E-state index contributed by atoms with van der Waals surface area (Å²) in [5, 5.41) is 9.31. The van der Waals surface area contributed by atoms with Crippen molar-refractivity contribution in [3.8, 4) is 0 Å². The summed E-state index contributed by atoms with van der Waals surface area (Å²) in [5.74, 6) is -1.03. The molecule has 2 unspecified atom stereocenters. The van der Waals surface area contributed by atoms with E-state index < -0.39 is 21.1 Å². The lowest BCUT2D eigenvalue weighted by Gasteiger charge is -2.37. The number of rotatable bonds is 5. The number of halogens is 1. The molecule has 0 bridgehead atoms. The number of hydrogen-bond donors (Lipinski definition) is 1. The number of carbonyl (C=O) groups is 1. The molecule has 2 rings (SSSR count). The Morgan fingerprint density at radius 1 is 1.35 bits per heavy atom. The van der Waals surface area contributed by atoms with Crippen molar-refractivity contribution in [1.29, 1.82) is 0 Å². The van der Waals surface area contributed by atoms with Crippen LogP contribution in [0.25, 0.3) is 0 Å². The molecule has 0 amide bonds. The van der Waals surface area contributed by atoms with Crippen molar-refractivity contribution in [2.75, 3.05) is 13.3 Å². The first-order valence-corrected chi connectivity index (χ1v) is 9.95. The van der Waals surface area contributed by atoms with Crippen LogP contribution in [0.15, 0.2) is 18.2 Å². The minimum absolute atomic E-state index is 0.114. The molecule has 5 nitrogen and oxygen atoms in total. The van der Waals surface area contributed by atoms with Crippen LogP contribution >= 0.6 is 11.6 Å². The highest BCUT2D eigenvalue weighted by molar-refractivity contribution is 7.91. The van der Waals surface area contributed by atoms with Crippen molar-refractivity contribution >= 4 is 27.4 Å². The zero-order valence-corrected chi connectivity index (χ0v) is 14.9. The van der Waals surface area contributed by atoms with E-state index in [-0.39, 0.29) is 11.6 Å². The molecule has 1 saturated carbocycles. The number of sulfone groups is 1. The Balaban J connectivity index is 2.28. The SMILES string of the molecule is CN(Cc1c(Cl)cccc1C(=O)O)C1CCCCC1S(C)(=O)=O. The molecule has 2 atom stereocenters. The standard InChI is InChI=1S/C16H22ClNO4S/c1-18(14-8-3-4-9-15(14)23(2,21)22)10-12-11(16(19)20)6-5-7-13(12)17/h5-7,14-15H,3-4,8-10H2,1-2H3,(H,19,20). The van der Waals surface area contributed by atoms with Crippen molar-refractivity contribution in [1.82, 2.24) is 4.90 Å². The minimum atomic E-state index is -3.14. The quantitative estimate of drug-likeness (QED) is 0.874. The summed E-state index contributed by atoms with van der Waals surface area (Å²) in [6, 6.07) is 4.67. The molecule has 0 aromatic heterocycles. The van der Waals surface area contributed by atoms with Gasteiger partial charge in [-0.15, -0.1) is 0 Å². The molecule has 128 valence electrons. The number of aromatic carboxylic acids is 1. The first kappa shape index (κ1) is 18.2. The minimum Gasteiger partial charge on any atom is -0.478 e. The van der Waals surface area contributed by atoms with E-state index in [0.717, 1.165) is 19.3 Å². The van der Waals surface area contributed by atoms with Crippen LogP contribution < -0.4 is 0 Å². The van der Waals surface area contributed by atoms with E-state index in [1.807, 2.05) is 11.9 Å². The topological polar surface area (TPSA) is 74.7 Å². The van der Waals surface area contributed by atoms with Gasteiger partial charge in [-0.1, -0.05) is 30.5 Å². The van der Waals surface area contributed by atoms with Crippen LogP contribution in [0.2, 0.25) is 5.02 Å². The fourth-order valence-electron chi connectivity index (χ4n) is 3.37. The summed E-state index contributed by atoms with van der Waals surface area (Å²) >= 11 is 6.17. The van der Waals surface area contributed by atoms with Crippen LogP contribution in [0.1, 0.15) is 41.6 Å². The van der Waals surface area contributed by atoms with Crippen LogP contribution in [-0.4, -0.2) is 49.0 Å². The van der Waals surface area contributed by atoms with Crippen LogP contribution in [0.3, 0.4) is 0 Å². The maximum atomic E-state index is 12.0. The molecule has 1 aromatic carbocycles. The monoisotopic (exact) mass is 359 g/mol. The van der Waals surface area contributed by atoms with E-state index in [4.69, 9.17) is 11.6 Å². The van der Waals surface area contributed by atoms with Crippen molar-refractivity contribution < 1.29 is 18.3 Å². The molecule has 1 fully saturated rings. The maximum Gasteiger partial charge on any atom is 0.336 e. The first-order chi connectivity index (χ1) is 10.7. The van der Waals surface area contributed by atoms with Gasteiger partial charge >= 0.3 is 5.97 Å². The van der Waals surface area contributed by atoms with Crippen LogP contribution in [-0.2, 0) is 16.4 Å². The van der Waals surface area contributed by atoms with E-state index in [2.05, 4.69) is 0 Å². The Hall–Kier alpha value is -1.11. The van der Waals surface area contributed by atoms with Crippen LogP contribution in [0.5, 0.6) is 0 Å². The second-order valence-electron chi connectivity index (χ2n) is 6.21. The van der Waals surface area contributed by atoms with Gasteiger partial charge in [-0.05, 0) is 37.6 Å². The van der Waals surface area contributed by atoms with Crippen LogP contribution in [0, 0.1) is 0 Å². The van der Waals surface area contributed by atoms with Gasteiger partial charge in [0.1, 0.15) is 0 Å². The number of benzene rings is 1. The van der Waals surface area contributed by atoms with E-state index >= 15 is 0 Å². The Labute approximate surface area is 142 Å². The summed E-state index contributed by atoms with van der Waals surface area (Å²) < 4.78 is 24.1. The largest absolute Gasteiger partial charge is 0.478 e. The molecule has 0 radical (unpaired) electrons. The second kappa shape index (κ2) is 7.20. The highest BCUT2D eigenvalue weighted by atomic mass is 35.5. The normalized spacial score (nSPS) is 22.3. The lowest BCUT2D eigenvalue weighted by molar-refractivity contribution is 0.0693. The molecule has 1 aliphatic rings. The zero-order valence-electron chi connectivity index (χ0n) is 13.3. The smallest absolute Gasteiger partial charge is 0.336 e. The van der Waals surface area contributed by atoms with E-state index in [0.29, 0.717) is 23.6 Å². The summed E-state index contributed by atoms with van der Waals surface area (Å²) in [7, 11) is -1.30. The molecule has 7 heteroatoms. The summed E-state index contributed by atoms with van der Waals surface area (Å²) in [6.07, 6.45) is 4.62. The van der Waals surface area contributed by atoms with Crippen molar-refractivity contribution in [3.05, 3.63) is 34.3 Å². The number of nitrogens with zero attached hydrogens (tertiary/aromatic N) is 1. The van der Waals surface area contributed by atoms with Crippen molar-refractivity contribution in [3.63, 3.8) is 0 Å². The lowest BCUT2D eigenvalue weighted by Crippen LogP contribution is -2.46. The number of carboxylic acid groups (broad SMARTS) is 1. The third kappa shape index (κ3) is 4.25. The lowest BCUT2D eigenvalue weighted by atomic mass is 9.93. The Morgan fingerprint density at radius 2 is 2.00 bits per heavy atom. The van der Waals surface area contributed by atoms with Gasteiger partial charge in [-0.3, -0.25) is 4.90 Å². The summed E-state index contributed by atoms with van der Waals surface area (Å²) in [4.78, 5) is 13.3. The van der Waals surface area contributed by atoms with E-state index in [9.17, 15) is 18.3 Å². The molecular weight excluding hydrogens is 338 g/mol. The maximum absolute atomic E-state index is 12.0. The van der Waals surface area contributed by atoms with Gasteiger partial charge in [-0.25, -0.2) is 13.2 Å². The number of hydrogen-bond acceptors (Lipinski definition) is 4. The molecule has 0 heterocycles. The summed E-state index contributed by atoms with van der Waals surface area (Å²) in [6.45, 7) is 0.317. The van der Waals surface area contributed by atoms with E-state index in [1.165, 1.54) is 12.3 Å². The Kier molecular flexibility index (Phi) is 5.70. The van der Waals surface area contributed by atoms with Gasteiger partial charge in [0.15, 0.2) is 9.84 Å². The van der Waals surface area contributed by atoms with E-state index in [1.54, 1.807) is 12.1 Å². The van der Waals surface area contributed by atoms with Gasteiger partial charge < -0.3 is 5.11 Å². The third-order valence-corrected chi connectivity index (χ3v) is 6.54. The molecule has 0 aliphatic heterocycles. The predicted octanol–water partition coefficient (Wildman–Crippen LogP) is 2.83. The first-order valence-electron chi connectivity index (χ1n) is 7.61. The fourth-order valence-corrected chi connectivity index (χ4v) is 5.11. The average molecular weight is 360 g/mol. The molecule has 0 spiro atoms. The summed E-state index contributed by atoms with van der Waals surface area (Å²) in [5.41, 5.74) is 0.693. The van der Waals surface area contributed by atoms with Gasteiger partial charge in [0, 0.05) is 23.9 Å². The molecule has 23 heavy (non-hydrogen) atoms. The van der Waals surface area contributed by atoms with Gasteiger partial charge in [0.05, 0.1) is 10.8 Å². The third-order valence-electron chi connectivity index (χ3n) is 4.54. The molecule has 1 aliphatic carbocycles. The Bertz CT molecular complexity index is 689. The van der Waals surface area contributed by atoms with Gasteiger partial charge in [0.2, 0.25) is 0 Å². The van der Waals surface area contributed by atoms with Crippen molar-refractivity contribution in [2.24, 2.45) is 0 Å². The van der Waals surface area contributed by atoms with Crippen molar-refractivity contribution in [2.45, 2.75) is 43.5 Å². The fraction of sp³-hybridized carbons (Fsp3) is 0.562. The Morgan fingerprint density at radius 3 is 2.61 bits per heavy atom. The number of carboxylic acids is 1. The zero-order chi connectivity index (χ0) is 17.2. The van der Waals surface area contributed by atoms with Crippen LogP contribution in [0.4, 0.5) is 0 Å². The molecule has 0 saturated heterocycles. The van der Waals surface area contributed by atoms with Gasteiger partial charge in [-0.2, -0.15) is 0 Å². The molecule has 1 aromatic rings.